The average molecular weight is 348 g/mol. The molecule has 0 saturated heterocycles. The van der Waals surface area contributed by atoms with E-state index in [0.717, 1.165) is 11.4 Å². The number of carbonyl (C=O) groups excluding carboxylic acids is 1. The van der Waals surface area contributed by atoms with Crippen molar-refractivity contribution in [3.05, 3.63) is 77.5 Å². The fraction of sp³-hybridized carbons (Fsp3) is 0.100. The third-order valence-electron chi connectivity index (χ3n) is 4.39. The summed E-state index contributed by atoms with van der Waals surface area (Å²) in [6, 6.07) is 15.9. The number of aromatic nitrogens is 3. The van der Waals surface area contributed by atoms with E-state index < -0.39 is 0 Å². The lowest BCUT2D eigenvalue weighted by atomic mass is 10.2. The Morgan fingerprint density at radius 2 is 1.88 bits per heavy atom. The van der Waals surface area contributed by atoms with Crippen LogP contribution in [0.2, 0.25) is 0 Å². The van der Waals surface area contributed by atoms with Crippen molar-refractivity contribution in [3.63, 3.8) is 0 Å². The van der Waals surface area contributed by atoms with Gasteiger partial charge in [0.2, 0.25) is 0 Å². The number of fused-ring (bicyclic) bond motifs is 1. The van der Waals surface area contributed by atoms with Crippen LogP contribution in [0.15, 0.2) is 54.6 Å². The molecular weight excluding hydrogens is 331 g/mol. The number of anilines is 1. The van der Waals surface area contributed by atoms with Crippen LogP contribution in [0.5, 0.6) is 0 Å². The highest BCUT2D eigenvalue weighted by molar-refractivity contribution is 6.06. The van der Waals surface area contributed by atoms with Crippen molar-refractivity contribution >= 4 is 22.5 Å². The number of aryl methyl sites for hydroxylation is 1. The van der Waals surface area contributed by atoms with E-state index in [0.29, 0.717) is 28.0 Å². The predicted molar refractivity (Wildman–Crippen MR) is 99.2 cm³/mol. The Labute approximate surface area is 149 Å². The van der Waals surface area contributed by atoms with Gasteiger partial charge in [0.05, 0.1) is 22.8 Å². The predicted octanol–water partition coefficient (Wildman–Crippen LogP) is 4.36. The monoisotopic (exact) mass is 348 g/mol. The third kappa shape index (κ3) is 2.65. The summed E-state index contributed by atoms with van der Waals surface area (Å²) in [6.07, 6.45) is 0. The second kappa shape index (κ2) is 6.15. The van der Waals surface area contributed by atoms with E-state index in [1.54, 1.807) is 16.8 Å². The second-order valence-corrected chi connectivity index (χ2v) is 6.13. The number of H-pyrrole nitrogens is 1. The van der Waals surface area contributed by atoms with Crippen LogP contribution in [0.1, 0.15) is 21.9 Å². The fourth-order valence-corrected chi connectivity index (χ4v) is 3.07. The number of halogens is 1. The fourth-order valence-electron chi connectivity index (χ4n) is 3.07. The first-order valence-corrected chi connectivity index (χ1v) is 8.25. The number of aromatic amines is 1. The molecule has 1 amide bonds. The van der Waals surface area contributed by atoms with Crippen LogP contribution < -0.4 is 5.32 Å². The Morgan fingerprint density at radius 3 is 2.62 bits per heavy atom. The van der Waals surface area contributed by atoms with Gasteiger partial charge < -0.3 is 10.3 Å². The van der Waals surface area contributed by atoms with Gasteiger partial charge in [-0.15, -0.1) is 0 Å². The minimum Gasteiger partial charge on any atom is -0.350 e. The van der Waals surface area contributed by atoms with Gasteiger partial charge in [0, 0.05) is 10.9 Å². The van der Waals surface area contributed by atoms with E-state index in [2.05, 4.69) is 15.4 Å². The van der Waals surface area contributed by atoms with Crippen LogP contribution in [0.3, 0.4) is 0 Å². The molecule has 0 atom stereocenters. The summed E-state index contributed by atoms with van der Waals surface area (Å²) in [5, 5.41) is 7.80. The van der Waals surface area contributed by atoms with E-state index in [-0.39, 0.29) is 11.7 Å². The molecule has 0 fully saturated rings. The Kier molecular flexibility index (Phi) is 3.80. The van der Waals surface area contributed by atoms with Crippen LogP contribution in [0, 0.1) is 19.7 Å². The van der Waals surface area contributed by atoms with Gasteiger partial charge in [-0.1, -0.05) is 24.3 Å². The first-order valence-electron chi connectivity index (χ1n) is 8.25. The molecule has 6 heteroatoms. The molecule has 2 heterocycles. The molecule has 0 radical (unpaired) electrons. The molecular formula is C20H17FN4O. The van der Waals surface area contributed by atoms with E-state index in [1.165, 1.54) is 12.1 Å². The standard InChI is InChI=1S/C20H17FN4O/c1-12-19(13(2)25(24-12)14-7-4-3-5-8-14)23-20(26)18-11-15-16(21)9-6-10-17(15)22-18/h3-11,22H,1-2H3,(H,23,26). The van der Waals surface area contributed by atoms with Gasteiger partial charge in [-0.2, -0.15) is 5.10 Å². The number of nitrogens with zero attached hydrogens (tertiary/aromatic N) is 2. The minimum atomic E-state index is -0.359. The maximum Gasteiger partial charge on any atom is 0.272 e. The third-order valence-corrected chi connectivity index (χ3v) is 4.39. The van der Waals surface area contributed by atoms with Crippen molar-refractivity contribution < 1.29 is 9.18 Å². The molecule has 0 aliphatic carbocycles. The number of para-hydroxylation sites is 1. The number of hydrogen-bond acceptors (Lipinski definition) is 2. The van der Waals surface area contributed by atoms with Crippen LogP contribution in [0.4, 0.5) is 10.1 Å². The Balaban J connectivity index is 1.67. The number of rotatable bonds is 3. The molecule has 0 spiro atoms. The summed E-state index contributed by atoms with van der Waals surface area (Å²) in [5.74, 6) is -0.693. The quantitative estimate of drug-likeness (QED) is 0.578. The van der Waals surface area contributed by atoms with E-state index >= 15 is 0 Å². The number of nitrogens with one attached hydrogen (secondary N) is 2. The van der Waals surface area contributed by atoms with Crippen LogP contribution >= 0.6 is 0 Å². The van der Waals surface area contributed by atoms with Gasteiger partial charge >= 0.3 is 0 Å². The highest BCUT2D eigenvalue weighted by Crippen LogP contribution is 2.24. The van der Waals surface area contributed by atoms with Crippen molar-refractivity contribution in [2.75, 3.05) is 5.32 Å². The summed E-state index contributed by atoms with van der Waals surface area (Å²) in [6.45, 7) is 3.74. The van der Waals surface area contributed by atoms with E-state index in [1.807, 2.05) is 44.2 Å². The first kappa shape index (κ1) is 16.1. The molecule has 5 nitrogen and oxygen atoms in total. The SMILES string of the molecule is Cc1nn(-c2ccccc2)c(C)c1NC(=O)c1cc2c(F)cccc2[nH]1. The normalized spacial score (nSPS) is 11.0. The Bertz CT molecular complexity index is 1110. The summed E-state index contributed by atoms with van der Waals surface area (Å²) < 4.78 is 15.6. The van der Waals surface area contributed by atoms with Crippen molar-refractivity contribution in [1.82, 2.24) is 14.8 Å². The van der Waals surface area contributed by atoms with Crippen molar-refractivity contribution in [1.29, 1.82) is 0 Å². The molecule has 0 aliphatic heterocycles. The molecule has 2 N–H and O–H groups in total. The molecule has 0 saturated carbocycles. The van der Waals surface area contributed by atoms with Gasteiger partial charge in [0.1, 0.15) is 11.5 Å². The zero-order valence-electron chi connectivity index (χ0n) is 14.4. The first-order chi connectivity index (χ1) is 12.5. The molecule has 0 aliphatic rings. The molecule has 4 aromatic rings. The lowest BCUT2D eigenvalue weighted by Gasteiger charge is -2.06. The lowest BCUT2D eigenvalue weighted by molar-refractivity contribution is 0.102. The van der Waals surface area contributed by atoms with Crippen molar-refractivity contribution in [3.8, 4) is 5.69 Å². The molecule has 2 aromatic carbocycles. The summed E-state index contributed by atoms with van der Waals surface area (Å²) in [4.78, 5) is 15.6. The molecule has 26 heavy (non-hydrogen) atoms. The topological polar surface area (TPSA) is 62.7 Å². The van der Waals surface area contributed by atoms with Gasteiger partial charge in [-0.3, -0.25) is 4.79 Å². The molecule has 130 valence electrons. The molecule has 0 bridgehead atoms. The van der Waals surface area contributed by atoms with Crippen LogP contribution in [-0.2, 0) is 0 Å². The smallest absolute Gasteiger partial charge is 0.272 e. The number of benzene rings is 2. The van der Waals surface area contributed by atoms with Crippen LogP contribution in [0.25, 0.3) is 16.6 Å². The minimum absolute atomic E-state index is 0.302. The van der Waals surface area contributed by atoms with Crippen molar-refractivity contribution in [2.45, 2.75) is 13.8 Å². The number of amides is 1. The Morgan fingerprint density at radius 1 is 1.12 bits per heavy atom. The molecule has 2 aromatic heterocycles. The number of carbonyl (C=O) groups is 1. The Hall–Kier alpha value is -3.41. The van der Waals surface area contributed by atoms with Gasteiger partial charge in [-0.05, 0) is 44.2 Å². The largest absolute Gasteiger partial charge is 0.350 e. The second-order valence-electron chi connectivity index (χ2n) is 6.13. The lowest BCUT2D eigenvalue weighted by Crippen LogP contribution is -2.13. The van der Waals surface area contributed by atoms with Crippen LogP contribution in [-0.4, -0.2) is 20.7 Å². The summed E-state index contributed by atoms with van der Waals surface area (Å²) in [7, 11) is 0. The molecule has 4 rings (SSSR count). The van der Waals surface area contributed by atoms with E-state index in [9.17, 15) is 9.18 Å². The van der Waals surface area contributed by atoms with Gasteiger partial charge in [0.15, 0.2) is 0 Å². The average Bonchev–Trinajstić information content (AvgIpc) is 3.20. The van der Waals surface area contributed by atoms with E-state index in [4.69, 9.17) is 0 Å². The van der Waals surface area contributed by atoms with Gasteiger partial charge in [-0.25, -0.2) is 9.07 Å². The number of hydrogen-bond donors (Lipinski definition) is 2. The highest BCUT2D eigenvalue weighted by atomic mass is 19.1. The summed E-state index contributed by atoms with van der Waals surface area (Å²) >= 11 is 0. The van der Waals surface area contributed by atoms with Crippen molar-refractivity contribution in [2.24, 2.45) is 0 Å². The maximum absolute atomic E-state index is 13.8. The van der Waals surface area contributed by atoms with Gasteiger partial charge in [0.25, 0.3) is 5.91 Å². The maximum atomic E-state index is 13.8. The zero-order valence-corrected chi connectivity index (χ0v) is 14.4. The highest BCUT2D eigenvalue weighted by Gasteiger charge is 2.18. The molecule has 0 unspecified atom stereocenters. The summed E-state index contributed by atoms with van der Waals surface area (Å²) in [5.41, 5.74) is 3.99. The zero-order chi connectivity index (χ0) is 18.3.